The van der Waals surface area contributed by atoms with Crippen LogP contribution in [0.5, 0.6) is 0 Å². The van der Waals surface area contributed by atoms with Gasteiger partial charge in [-0.2, -0.15) is 0 Å². The summed E-state index contributed by atoms with van der Waals surface area (Å²) in [7, 11) is -4.17. The molecule has 1 aliphatic rings. The molecule has 0 saturated heterocycles. The van der Waals surface area contributed by atoms with Crippen molar-refractivity contribution in [1.82, 2.24) is 5.01 Å². The molecule has 0 amide bonds. The van der Waals surface area contributed by atoms with Crippen LogP contribution in [0.25, 0.3) is 0 Å². The van der Waals surface area contributed by atoms with E-state index in [4.69, 9.17) is 5.10 Å². The first kappa shape index (κ1) is 35.9. The third-order valence-corrected chi connectivity index (χ3v) is 18.0. The normalized spacial score (nSPS) is 14.4. The Morgan fingerprint density at radius 2 is 0.771 bits per heavy atom. The van der Waals surface area contributed by atoms with E-state index in [0.717, 1.165) is 19.1 Å². The van der Waals surface area contributed by atoms with Gasteiger partial charge < -0.3 is 34.0 Å². The van der Waals surface area contributed by atoms with Crippen molar-refractivity contribution in [1.29, 1.82) is 0 Å². The third-order valence-electron chi connectivity index (χ3n) is 9.30. The molecule has 1 unspecified atom stereocenters. The van der Waals surface area contributed by atoms with Crippen LogP contribution in [0.4, 0.5) is 0 Å². The number of nitrogens with zero attached hydrogens (tertiary/aromatic N) is 2. The van der Waals surface area contributed by atoms with Crippen LogP contribution in [-0.2, 0) is 0 Å². The number of hydrazone groups is 1. The lowest BCUT2D eigenvalue weighted by atomic mass is 10.2. The minimum atomic E-state index is -2.20. The van der Waals surface area contributed by atoms with E-state index in [1.807, 2.05) is 0 Å². The smallest absolute Gasteiger partial charge is 0.194 e. The molecule has 0 fully saturated rings. The van der Waals surface area contributed by atoms with Crippen molar-refractivity contribution in [3.8, 4) is 0 Å². The van der Waals surface area contributed by atoms with Crippen molar-refractivity contribution < 1.29 is 34.0 Å². The first-order valence-electron chi connectivity index (χ1n) is 16.2. The van der Waals surface area contributed by atoms with Gasteiger partial charge in [0.1, 0.15) is 39.1 Å². The zero-order chi connectivity index (χ0) is 31.2. The molecule has 1 aliphatic heterocycles. The SMILES string of the molecule is CC1CC([P+](c2ccccc2)(c2ccccc2)c2ccccc2)=NN1CC[P+](c1ccccc1)(c1ccccc1)c1ccccc1.[Br-].[Br-]. The van der Waals surface area contributed by atoms with Crippen molar-refractivity contribution in [3.63, 3.8) is 0 Å². The van der Waals surface area contributed by atoms with E-state index in [0.29, 0.717) is 6.04 Å². The Labute approximate surface area is 308 Å². The zero-order valence-electron chi connectivity index (χ0n) is 27.1. The van der Waals surface area contributed by atoms with Gasteiger partial charge in [0.05, 0.1) is 18.7 Å². The number of rotatable bonds is 10. The molecule has 0 aromatic heterocycles. The molecule has 0 N–H and O–H groups in total. The number of hydrogen-bond donors (Lipinski definition) is 0. The Morgan fingerprint density at radius 1 is 0.479 bits per heavy atom. The van der Waals surface area contributed by atoms with Crippen LogP contribution < -0.4 is 65.8 Å². The highest BCUT2D eigenvalue weighted by Gasteiger charge is 2.54. The lowest BCUT2D eigenvalue weighted by Crippen LogP contribution is -3.00. The molecular formula is C42H40Br2N2P2. The molecule has 7 rings (SSSR count). The molecule has 0 radical (unpaired) electrons. The van der Waals surface area contributed by atoms with E-state index in [1.165, 1.54) is 37.3 Å². The average molecular weight is 795 g/mol. The van der Waals surface area contributed by atoms with E-state index in [2.05, 4.69) is 194 Å². The standard InChI is InChI=1S/C42H40N2P2.2BrH/c1-35-34-42(46(39-26-14-5-15-27-39,40-28-16-6-17-29-40)41-30-18-7-19-31-41)43-44(35)32-33-45(36-20-8-2-9-21-36,37-22-10-3-11-23-37)38-24-12-4-13-25-38;;/h2-31,35H,32-34H2,1H3;2*1H/q+2;;/p-2. The monoisotopic (exact) mass is 792 g/mol. The molecule has 2 nitrogen and oxygen atoms in total. The Kier molecular flexibility index (Phi) is 12.2. The minimum Gasteiger partial charge on any atom is -1.00 e. The van der Waals surface area contributed by atoms with Crippen molar-refractivity contribution >= 4 is 51.8 Å². The zero-order valence-corrected chi connectivity index (χ0v) is 32.0. The van der Waals surface area contributed by atoms with Gasteiger partial charge in [0.25, 0.3) is 0 Å². The lowest BCUT2D eigenvalue weighted by Gasteiger charge is -2.30. The third kappa shape index (κ3) is 6.74. The molecule has 0 saturated carbocycles. The van der Waals surface area contributed by atoms with E-state index in [-0.39, 0.29) is 34.0 Å². The summed E-state index contributed by atoms with van der Waals surface area (Å²) in [6.07, 6.45) is 1.96. The van der Waals surface area contributed by atoms with Crippen molar-refractivity contribution in [2.24, 2.45) is 5.10 Å². The molecule has 242 valence electrons. The van der Waals surface area contributed by atoms with Crippen molar-refractivity contribution in [2.45, 2.75) is 19.4 Å². The number of halogens is 2. The minimum absolute atomic E-state index is 0. The van der Waals surface area contributed by atoms with Crippen LogP contribution in [0.15, 0.2) is 187 Å². The van der Waals surface area contributed by atoms with Gasteiger partial charge in [-0.15, -0.1) is 5.10 Å². The molecule has 1 heterocycles. The maximum Gasteiger partial charge on any atom is 0.194 e. The molecule has 6 heteroatoms. The molecule has 48 heavy (non-hydrogen) atoms. The van der Waals surface area contributed by atoms with Gasteiger partial charge in [-0.25, -0.2) is 0 Å². The Bertz CT molecular complexity index is 1680. The second-order valence-electron chi connectivity index (χ2n) is 11.9. The number of benzene rings is 6. The molecule has 0 bridgehead atoms. The fraction of sp³-hybridized carbons (Fsp3) is 0.119. The first-order valence-corrected chi connectivity index (χ1v) is 19.9. The van der Waals surface area contributed by atoms with Gasteiger partial charge in [0.15, 0.2) is 12.7 Å². The predicted molar refractivity (Wildman–Crippen MR) is 203 cm³/mol. The molecular weight excluding hydrogens is 754 g/mol. The Balaban J connectivity index is 0.00000225. The second kappa shape index (κ2) is 16.3. The van der Waals surface area contributed by atoms with Gasteiger partial charge in [-0.05, 0) is 79.7 Å². The van der Waals surface area contributed by atoms with Crippen molar-refractivity contribution in [3.05, 3.63) is 182 Å². The summed E-state index contributed by atoms with van der Waals surface area (Å²) < 4.78 is 0. The average Bonchev–Trinajstić information content (AvgIpc) is 3.51. The van der Waals surface area contributed by atoms with Crippen LogP contribution in [0, 0.1) is 0 Å². The maximum atomic E-state index is 5.67. The maximum absolute atomic E-state index is 5.67. The lowest BCUT2D eigenvalue weighted by molar-refractivity contribution is -0.00100. The van der Waals surface area contributed by atoms with Gasteiger partial charge in [0.2, 0.25) is 0 Å². The van der Waals surface area contributed by atoms with Gasteiger partial charge in [-0.1, -0.05) is 109 Å². The topological polar surface area (TPSA) is 15.6 Å². The van der Waals surface area contributed by atoms with E-state index in [1.54, 1.807) is 0 Å². The van der Waals surface area contributed by atoms with Crippen LogP contribution in [0.1, 0.15) is 13.3 Å². The first-order chi connectivity index (χ1) is 22.7. The quantitative estimate of drug-likeness (QED) is 0.192. The second-order valence-corrected chi connectivity index (χ2v) is 19.0. The summed E-state index contributed by atoms with van der Waals surface area (Å²) in [4.78, 5) is 0. The van der Waals surface area contributed by atoms with E-state index >= 15 is 0 Å². The van der Waals surface area contributed by atoms with Crippen LogP contribution in [-0.4, -0.2) is 29.2 Å². The predicted octanol–water partition coefficient (Wildman–Crippen LogP) is 1.39. The van der Waals surface area contributed by atoms with Crippen LogP contribution in [0.3, 0.4) is 0 Å². The number of hydrogen-bond acceptors (Lipinski definition) is 2. The fourth-order valence-corrected chi connectivity index (χ4v) is 15.8. The summed E-state index contributed by atoms with van der Waals surface area (Å²) in [5.74, 6) is 0. The molecule has 1 atom stereocenters. The molecule has 0 aliphatic carbocycles. The van der Waals surface area contributed by atoms with Gasteiger partial charge in [-0.3, -0.25) is 5.01 Å². The summed E-state index contributed by atoms with van der Waals surface area (Å²) in [5.41, 5.74) is 1.31. The van der Waals surface area contributed by atoms with Crippen LogP contribution >= 0.6 is 14.5 Å². The highest BCUT2D eigenvalue weighted by atomic mass is 79.9. The highest BCUT2D eigenvalue weighted by molar-refractivity contribution is 8.08. The summed E-state index contributed by atoms with van der Waals surface area (Å²) in [5, 5.41) is 16.4. The fourth-order valence-electron chi connectivity index (χ4n) is 7.12. The summed E-state index contributed by atoms with van der Waals surface area (Å²) in [6, 6.07) is 67.3. The van der Waals surface area contributed by atoms with Crippen molar-refractivity contribution in [2.75, 3.05) is 12.7 Å². The largest absolute Gasteiger partial charge is 1.00 e. The summed E-state index contributed by atoms with van der Waals surface area (Å²) >= 11 is 0. The molecule has 6 aromatic carbocycles. The Hall–Kier alpha value is -3.39. The molecule has 0 spiro atoms. The van der Waals surface area contributed by atoms with E-state index in [9.17, 15) is 0 Å². The molecule has 6 aromatic rings. The summed E-state index contributed by atoms with van der Waals surface area (Å²) in [6.45, 7) is 3.25. The highest BCUT2D eigenvalue weighted by Crippen LogP contribution is 2.60. The Morgan fingerprint density at radius 3 is 1.08 bits per heavy atom. The van der Waals surface area contributed by atoms with Crippen LogP contribution in [0.2, 0.25) is 0 Å². The van der Waals surface area contributed by atoms with E-state index < -0.39 is 14.5 Å². The van der Waals surface area contributed by atoms with Gasteiger partial charge in [0, 0.05) is 6.42 Å². The van der Waals surface area contributed by atoms with Gasteiger partial charge >= 0.3 is 0 Å².